The Morgan fingerprint density at radius 1 is 0.348 bits per heavy atom. The van der Waals surface area contributed by atoms with Crippen LogP contribution in [0.5, 0.6) is 0 Å². The zero-order valence-electron chi connectivity index (χ0n) is 47.5. The molecule has 3 heterocycles. The summed E-state index contributed by atoms with van der Waals surface area (Å²) in [6, 6.07) is 22.2. The molecule has 0 unspecified atom stereocenters. The minimum absolute atomic E-state index is 0.0381. The van der Waals surface area contributed by atoms with Gasteiger partial charge in [-0.3, -0.25) is 4.98 Å². The second-order valence-electron chi connectivity index (χ2n) is 26.3. The van der Waals surface area contributed by atoms with Crippen LogP contribution in [0.1, 0.15) is 259 Å². The van der Waals surface area contributed by atoms with E-state index >= 15 is 0 Å². The number of aromatic nitrogens is 4. The maximum atomic E-state index is 4.47. The number of hydrogen-bond donors (Lipinski definition) is 0. The number of thiazole rings is 1. The van der Waals surface area contributed by atoms with Gasteiger partial charge in [0.2, 0.25) is 0 Å². The van der Waals surface area contributed by atoms with Gasteiger partial charge in [-0.15, -0.1) is 11.3 Å². The Kier molecular flexibility index (Phi) is 22.0. The lowest BCUT2D eigenvalue weighted by atomic mass is 9.82. The number of hydrogen-bond acceptors (Lipinski definition) is 5. The molecule has 0 aliphatic heterocycles. The number of benzene rings is 2. The van der Waals surface area contributed by atoms with Crippen molar-refractivity contribution in [2.24, 2.45) is 0 Å². The van der Waals surface area contributed by atoms with Crippen LogP contribution in [0.2, 0.25) is 0 Å². The third-order valence-corrected chi connectivity index (χ3v) is 13.0. The van der Waals surface area contributed by atoms with Gasteiger partial charge in [0.1, 0.15) is 5.82 Å². The van der Waals surface area contributed by atoms with Crippen LogP contribution < -0.4 is 0 Å². The van der Waals surface area contributed by atoms with Gasteiger partial charge in [-0.2, -0.15) is 0 Å². The van der Waals surface area contributed by atoms with E-state index in [4.69, 9.17) is 0 Å². The third kappa shape index (κ3) is 21.5. The molecule has 5 aromatic rings. The van der Waals surface area contributed by atoms with E-state index < -0.39 is 0 Å². The Labute approximate surface area is 412 Å². The fourth-order valence-corrected chi connectivity index (χ4v) is 7.04. The second-order valence-corrected chi connectivity index (χ2v) is 27.3. The molecule has 0 aliphatic carbocycles. The lowest BCUT2D eigenvalue weighted by molar-refractivity contribution is 0.532. The van der Waals surface area contributed by atoms with Crippen molar-refractivity contribution in [2.45, 2.75) is 243 Å². The predicted octanol–water partition coefficient (Wildman–Crippen LogP) is 18.5. The molecule has 368 valence electrons. The van der Waals surface area contributed by atoms with Crippen LogP contribution >= 0.6 is 11.3 Å². The maximum absolute atomic E-state index is 4.47. The molecule has 4 nitrogen and oxygen atoms in total. The molecule has 0 N–H and O–H groups in total. The lowest BCUT2D eigenvalue weighted by Gasteiger charge is -2.23. The molecule has 0 bridgehead atoms. The predicted molar refractivity (Wildman–Crippen MR) is 294 cm³/mol. The van der Waals surface area contributed by atoms with Crippen LogP contribution in [0.15, 0.2) is 85.5 Å². The van der Waals surface area contributed by atoms with Gasteiger partial charge in [-0.1, -0.05) is 242 Å². The van der Waals surface area contributed by atoms with Gasteiger partial charge in [0.15, 0.2) is 0 Å². The fraction of sp³-hybridized carbons (Fsp3) is 0.607. The van der Waals surface area contributed by atoms with E-state index in [2.05, 4.69) is 268 Å². The van der Waals surface area contributed by atoms with Gasteiger partial charge >= 0.3 is 0 Å². The summed E-state index contributed by atoms with van der Waals surface area (Å²) in [5.74, 6) is 2.65. The first-order valence-corrected chi connectivity index (χ1v) is 25.4. The van der Waals surface area contributed by atoms with Crippen molar-refractivity contribution in [3.05, 3.63) is 140 Å². The third-order valence-electron chi connectivity index (χ3n) is 11.2. The number of pyridine rings is 1. The molecule has 5 rings (SSSR count). The van der Waals surface area contributed by atoms with Crippen molar-refractivity contribution in [3.8, 4) is 0 Å². The summed E-state index contributed by atoms with van der Waals surface area (Å²) in [6.07, 6.45) is 7.88. The molecule has 0 radical (unpaired) electrons. The van der Waals surface area contributed by atoms with E-state index in [0.717, 1.165) is 5.82 Å². The van der Waals surface area contributed by atoms with E-state index in [0.29, 0.717) is 17.8 Å². The molecule has 0 amide bonds. The summed E-state index contributed by atoms with van der Waals surface area (Å²) >= 11 is 1.84. The van der Waals surface area contributed by atoms with Crippen molar-refractivity contribution >= 4 is 11.3 Å². The molecule has 0 saturated heterocycles. The minimum atomic E-state index is 0.0381. The molecular formula is C61H98N4S. The summed E-state index contributed by atoms with van der Waals surface area (Å²) in [7, 11) is 0. The van der Waals surface area contributed by atoms with Crippen molar-refractivity contribution in [1.29, 1.82) is 0 Å². The highest BCUT2D eigenvalue weighted by molar-refractivity contribution is 7.11. The fourth-order valence-electron chi connectivity index (χ4n) is 6.00. The molecule has 66 heavy (non-hydrogen) atoms. The Hall–Kier alpha value is -3.70. The normalized spacial score (nSPS) is 12.6. The van der Waals surface area contributed by atoms with Crippen LogP contribution in [0, 0.1) is 0 Å². The van der Waals surface area contributed by atoms with Gasteiger partial charge in [-0.05, 0) is 84.3 Å². The number of nitrogens with zero attached hydrogens (tertiary/aromatic N) is 4. The van der Waals surface area contributed by atoms with Gasteiger partial charge < -0.3 is 0 Å². The quantitative estimate of drug-likeness (QED) is 0.181. The zero-order valence-corrected chi connectivity index (χ0v) is 48.3. The standard InChI is InChI=1S/C14H22.C13H20.C12H20N2.C11H19NS.C11H17N/c1-13(2,3)11-7-9-12(10-8-11)14(4,5)6;1-10(2)11-7-6-8-12(9-11)13(3,4)5;1-11(2,3)9-7-13-10(14-8-9)12(4,5)6;1-10(2,3)8-7-12-9(13-8)11(4,5)6;1-8(2)10-5-6-11(9(3)4)12-7-10/h7-10H,1-6H3;6-10H,1-5H3;7-8H,1-6H3;7H,1-6H3;5-9H,1-4H3. The summed E-state index contributed by atoms with van der Waals surface area (Å²) in [4.78, 5) is 19.1. The van der Waals surface area contributed by atoms with Crippen LogP contribution in [-0.2, 0) is 37.9 Å². The van der Waals surface area contributed by atoms with Crippen molar-refractivity contribution in [1.82, 2.24) is 19.9 Å². The SMILES string of the molecule is CC(C)(C)c1ccc(C(C)(C)C)cc1.CC(C)(C)c1cnc(C(C)(C)C)nc1.CC(C)(C)c1cnc(C(C)(C)C)s1.CC(C)c1ccc(C(C)C)nc1.CC(C)c1cccc(C(C)(C)C)c1. The Balaban J connectivity index is 0.000000413. The largest absolute Gasteiger partial charge is 0.261 e. The van der Waals surface area contributed by atoms with Crippen LogP contribution in [0.3, 0.4) is 0 Å². The molecule has 0 aliphatic rings. The second kappa shape index (κ2) is 24.0. The summed E-state index contributed by atoms with van der Waals surface area (Å²) < 4.78 is 0. The highest BCUT2D eigenvalue weighted by Crippen LogP contribution is 2.33. The lowest BCUT2D eigenvalue weighted by Crippen LogP contribution is -2.18. The zero-order chi connectivity index (χ0) is 51.4. The smallest absolute Gasteiger partial charge is 0.133 e. The highest BCUT2D eigenvalue weighted by Gasteiger charge is 2.23. The monoisotopic (exact) mass is 919 g/mol. The Bertz CT molecular complexity index is 1930. The Morgan fingerprint density at radius 2 is 0.788 bits per heavy atom. The maximum Gasteiger partial charge on any atom is 0.133 e. The van der Waals surface area contributed by atoms with Crippen molar-refractivity contribution < 1.29 is 0 Å². The van der Waals surface area contributed by atoms with Gasteiger partial charge in [0.25, 0.3) is 0 Å². The van der Waals surface area contributed by atoms with Crippen molar-refractivity contribution in [2.75, 3.05) is 0 Å². The first-order valence-electron chi connectivity index (χ1n) is 24.6. The van der Waals surface area contributed by atoms with Crippen LogP contribution in [0.25, 0.3) is 0 Å². The van der Waals surface area contributed by atoms with Gasteiger partial charge in [0.05, 0.1) is 5.01 Å². The summed E-state index contributed by atoms with van der Waals surface area (Å²) in [5, 5.41) is 1.23. The topological polar surface area (TPSA) is 51.6 Å². The molecule has 2 aromatic carbocycles. The van der Waals surface area contributed by atoms with Crippen molar-refractivity contribution in [3.63, 3.8) is 0 Å². The molecule has 0 spiro atoms. The minimum Gasteiger partial charge on any atom is -0.261 e. The van der Waals surface area contributed by atoms with E-state index in [9.17, 15) is 0 Å². The van der Waals surface area contributed by atoms with Gasteiger partial charge in [0, 0.05) is 46.2 Å². The highest BCUT2D eigenvalue weighted by atomic mass is 32.1. The first-order chi connectivity index (χ1) is 29.6. The Morgan fingerprint density at radius 3 is 1.08 bits per heavy atom. The molecule has 0 atom stereocenters. The average Bonchev–Trinajstić information content (AvgIpc) is 3.71. The van der Waals surface area contributed by atoms with Crippen LogP contribution in [0.4, 0.5) is 0 Å². The van der Waals surface area contributed by atoms with Crippen LogP contribution in [-0.4, -0.2) is 19.9 Å². The van der Waals surface area contributed by atoms with Gasteiger partial charge in [-0.25, -0.2) is 15.0 Å². The van der Waals surface area contributed by atoms with E-state index in [1.807, 2.05) is 36.1 Å². The molecular weight excluding hydrogens is 821 g/mol. The molecule has 3 aromatic heterocycles. The molecule has 5 heteroatoms. The first kappa shape index (κ1) is 60.3. The van der Waals surface area contributed by atoms with E-state index in [1.165, 1.54) is 49.0 Å². The summed E-state index contributed by atoms with van der Waals surface area (Å²) in [6.45, 7) is 59.6. The molecule has 0 fully saturated rings. The molecule has 0 saturated carbocycles. The van der Waals surface area contributed by atoms with E-state index in [-0.39, 0.29) is 37.9 Å². The summed E-state index contributed by atoms with van der Waals surface area (Å²) in [5.41, 5.74) is 10.8. The van der Waals surface area contributed by atoms with E-state index in [1.54, 1.807) is 0 Å². The number of rotatable bonds is 3. The average molecular weight is 920 g/mol.